The Bertz CT molecular complexity index is 1760. The molecule has 10 nitrogen and oxygen atoms in total. The normalized spacial score (nSPS) is 11.8. The van der Waals surface area contributed by atoms with Gasteiger partial charge in [-0.25, -0.2) is 13.2 Å². The monoisotopic (exact) mass is 555 g/mol. The maximum atomic E-state index is 13.8. The number of sulfonamides is 1. The van der Waals surface area contributed by atoms with Crippen molar-refractivity contribution in [2.75, 3.05) is 11.3 Å². The zero-order valence-corrected chi connectivity index (χ0v) is 22.4. The Kier molecular flexibility index (Phi) is 7.29. The number of carbonyl (C=O) groups is 1. The predicted molar refractivity (Wildman–Crippen MR) is 142 cm³/mol. The fourth-order valence-corrected chi connectivity index (χ4v) is 6.13. The number of anilines is 1. The number of hydrogen-bond acceptors (Lipinski definition) is 7. The Balaban J connectivity index is 2.07. The molecular weight excluding hydrogens is 530 g/mol. The molecule has 1 aromatic heterocycles. The van der Waals surface area contributed by atoms with Gasteiger partial charge >= 0.3 is 6.09 Å². The minimum Gasteiger partial charge on any atom is -0.448 e. The first-order chi connectivity index (χ1) is 18.0. The lowest BCUT2D eigenvalue weighted by Gasteiger charge is -2.15. The molecule has 0 fully saturated rings. The average Bonchev–Trinajstić information content (AvgIpc) is 3.17. The van der Waals surface area contributed by atoms with Gasteiger partial charge in [0.25, 0.3) is 25.6 Å². The Hall–Kier alpha value is -4.16. The van der Waals surface area contributed by atoms with Crippen LogP contribution in [-0.4, -0.2) is 38.3 Å². The van der Waals surface area contributed by atoms with Crippen LogP contribution in [0.2, 0.25) is 0 Å². The highest BCUT2D eigenvalue weighted by Gasteiger charge is 2.35. The van der Waals surface area contributed by atoms with Crippen LogP contribution in [-0.2, 0) is 24.8 Å². The van der Waals surface area contributed by atoms with Gasteiger partial charge in [0.15, 0.2) is 5.82 Å². The van der Waals surface area contributed by atoms with E-state index in [2.05, 4.69) is 4.72 Å². The van der Waals surface area contributed by atoms with Crippen LogP contribution in [0.15, 0.2) is 93.4 Å². The minimum absolute atomic E-state index is 0.154. The molecule has 4 aromatic rings. The summed E-state index contributed by atoms with van der Waals surface area (Å²) in [6.45, 7) is 4.87. The number of rotatable bonds is 7. The highest BCUT2D eigenvalue weighted by Crippen LogP contribution is 2.30. The number of hydrogen-bond donors (Lipinski definition) is 1. The summed E-state index contributed by atoms with van der Waals surface area (Å²) < 4.78 is 62.2. The topological polar surface area (TPSA) is 134 Å². The van der Waals surface area contributed by atoms with Gasteiger partial charge in [0.2, 0.25) is 0 Å². The Morgan fingerprint density at radius 3 is 1.87 bits per heavy atom. The van der Waals surface area contributed by atoms with Crippen LogP contribution >= 0.6 is 0 Å². The van der Waals surface area contributed by atoms with Crippen molar-refractivity contribution >= 4 is 32.0 Å². The van der Waals surface area contributed by atoms with Gasteiger partial charge in [-0.2, -0.15) is 13.1 Å². The number of nitrogens with zero attached hydrogens (tertiary/aromatic N) is 2. The molecule has 12 heteroatoms. The van der Waals surface area contributed by atoms with Crippen molar-refractivity contribution in [1.29, 1.82) is 0 Å². The van der Waals surface area contributed by atoms with E-state index in [1.807, 2.05) is 0 Å². The van der Waals surface area contributed by atoms with Crippen LogP contribution < -0.4 is 10.3 Å². The maximum Gasteiger partial charge on any atom is 0.436 e. The van der Waals surface area contributed by atoms with Crippen molar-refractivity contribution in [3.63, 3.8) is 0 Å². The molecular formula is C26H25N3O7S2. The molecule has 0 atom stereocenters. The average molecular weight is 556 g/mol. The number of benzene rings is 3. The smallest absolute Gasteiger partial charge is 0.436 e. The van der Waals surface area contributed by atoms with Crippen molar-refractivity contribution in [2.45, 2.75) is 30.6 Å². The van der Waals surface area contributed by atoms with Gasteiger partial charge in [0, 0.05) is 0 Å². The molecule has 0 aliphatic heterocycles. The minimum atomic E-state index is -4.68. The summed E-state index contributed by atoms with van der Waals surface area (Å²) in [4.78, 5) is 26.5. The van der Waals surface area contributed by atoms with Crippen LogP contribution in [0.4, 0.5) is 10.6 Å². The van der Waals surface area contributed by atoms with Crippen LogP contribution in [0.1, 0.15) is 18.1 Å². The number of ether oxygens (including phenoxy) is 1. The second kappa shape index (κ2) is 10.3. The highest BCUT2D eigenvalue weighted by molar-refractivity contribution is 7.92. The van der Waals surface area contributed by atoms with E-state index < -0.39 is 37.5 Å². The number of carbonyl (C=O) groups excluding carboxylic acids is 1. The molecule has 0 amide bonds. The lowest BCUT2D eigenvalue weighted by molar-refractivity contribution is 0.149. The van der Waals surface area contributed by atoms with Crippen molar-refractivity contribution < 1.29 is 26.4 Å². The highest BCUT2D eigenvalue weighted by atomic mass is 32.2. The molecule has 0 radical (unpaired) electrons. The molecule has 0 spiro atoms. The standard InChI is InChI=1S/C26H25N3O7S2/c1-4-36-26(31)28-24(27-37(32,33)21-14-10-18(2)11-15-21)23(20-8-6-5-7-9-20)25(30)29(28)38(34,35)22-16-12-19(3)13-17-22/h5-17,27H,4H2,1-3H3. The number of aromatic nitrogens is 2. The zero-order valence-electron chi connectivity index (χ0n) is 20.8. The van der Waals surface area contributed by atoms with Crippen molar-refractivity contribution in [3.8, 4) is 11.1 Å². The van der Waals surface area contributed by atoms with Gasteiger partial charge < -0.3 is 4.74 Å². The van der Waals surface area contributed by atoms with Gasteiger partial charge in [-0.1, -0.05) is 65.7 Å². The molecule has 0 saturated heterocycles. The molecule has 38 heavy (non-hydrogen) atoms. The second-order valence-electron chi connectivity index (χ2n) is 8.39. The molecule has 0 unspecified atom stereocenters. The van der Waals surface area contributed by atoms with E-state index in [0.717, 1.165) is 11.1 Å². The number of nitrogens with one attached hydrogen (secondary N) is 1. The third-order valence-corrected chi connectivity index (χ3v) is 8.64. The molecule has 4 rings (SSSR count). The van der Waals surface area contributed by atoms with Gasteiger partial charge in [-0.15, -0.1) is 4.09 Å². The van der Waals surface area contributed by atoms with Gasteiger partial charge in [-0.05, 0) is 50.6 Å². The largest absolute Gasteiger partial charge is 0.448 e. The van der Waals surface area contributed by atoms with E-state index in [1.54, 1.807) is 44.2 Å². The van der Waals surface area contributed by atoms with E-state index in [4.69, 9.17) is 4.74 Å². The fraction of sp³-hybridized carbons (Fsp3) is 0.154. The van der Waals surface area contributed by atoms with E-state index in [9.17, 15) is 26.4 Å². The number of aryl methyl sites for hydroxylation is 2. The van der Waals surface area contributed by atoms with Gasteiger partial charge in [0.05, 0.1) is 22.0 Å². The van der Waals surface area contributed by atoms with Crippen molar-refractivity contribution in [3.05, 3.63) is 100 Å². The first-order valence-electron chi connectivity index (χ1n) is 11.5. The molecule has 1 N–H and O–H groups in total. The third-order valence-electron chi connectivity index (χ3n) is 5.63. The first kappa shape index (κ1) is 26.9. The fourth-order valence-electron chi connectivity index (χ4n) is 3.72. The first-order valence-corrected chi connectivity index (χ1v) is 14.4. The van der Waals surface area contributed by atoms with Crippen LogP contribution in [0, 0.1) is 13.8 Å². The van der Waals surface area contributed by atoms with E-state index >= 15 is 0 Å². The molecule has 0 aliphatic carbocycles. The van der Waals surface area contributed by atoms with Crippen molar-refractivity contribution in [2.24, 2.45) is 0 Å². The van der Waals surface area contributed by atoms with E-state index in [1.165, 1.54) is 55.5 Å². The lowest BCUT2D eigenvalue weighted by Crippen LogP contribution is -2.35. The maximum absolute atomic E-state index is 13.8. The van der Waals surface area contributed by atoms with Crippen LogP contribution in [0.3, 0.4) is 0 Å². The van der Waals surface area contributed by atoms with Gasteiger partial charge in [-0.3, -0.25) is 9.52 Å². The molecule has 3 aromatic carbocycles. The summed E-state index contributed by atoms with van der Waals surface area (Å²) in [6, 6.07) is 19.4. The zero-order chi connectivity index (χ0) is 27.7. The lowest BCUT2D eigenvalue weighted by atomic mass is 10.1. The Morgan fingerprint density at radius 2 is 1.34 bits per heavy atom. The predicted octanol–water partition coefficient (Wildman–Crippen LogP) is 3.98. The summed E-state index contributed by atoms with van der Waals surface area (Å²) in [5.74, 6) is -0.573. The molecule has 198 valence electrons. The quantitative estimate of drug-likeness (QED) is 0.365. The van der Waals surface area contributed by atoms with Crippen LogP contribution in [0.5, 0.6) is 0 Å². The molecule has 0 bridgehead atoms. The van der Waals surface area contributed by atoms with Crippen LogP contribution in [0.25, 0.3) is 11.1 Å². The summed E-state index contributed by atoms with van der Waals surface area (Å²) in [5, 5.41) is 0. The second-order valence-corrected chi connectivity index (χ2v) is 11.8. The summed E-state index contributed by atoms with van der Waals surface area (Å²) in [7, 11) is -9.06. The summed E-state index contributed by atoms with van der Waals surface area (Å²) >= 11 is 0. The third kappa shape index (κ3) is 5.00. The Labute approximate surface area is 220 Å². The summed E-state index contributed by atoms with van der Waals surface area (Å²) in [5.41, 5.74) is 0.299. The van der Waals surface area contributed by atoms with E-state index in [0.29, 0.717) is 4.68 Å². The van der Waals surface area contributed by atoms with E-state index in [-0.39, 0.29) is 31.6 Å². The van der Waals surface area contributed by atoms with Gasteiger partial charge in [0.1, 0.15) is 0 Å². The summed E-state index contributed by atoms with van der Waals surface area (Å²) in [6.07, 6.45) is -1.26. The molecule has 1 heterocycles. The SMILES string of the molecule is CCOC(=O)n1c(NS(=O)(=O)c2ccc(C)cc2)c(-c2ccccc2)c(=O)n1S(=O)(=O)c1ccc(C)cc1. The Morgan fingerprint density at radius 1 is 0.816 bits per heavy atom. The molecule has 0 saturated carbocycles. The molecule has 0 aliphatic rings. The van der Waals surface area contributed by atoms with Crippen molar-refractivity contribution in [1.82, 2.24) is 8.77 Å².